The van der Waals surface area contributed by atoms with Gasteiger partial charge in [-0.1, -0.05) is 42.7 Å². The monoisotopic (exact) mass is 366 g/mol. The predicted molar refractivity (Wildman–Crippen MR) is 110 cm³/mol. The maximum absolute atomic E-state index is 13.2. The van der Waals surface area contributed by atoms with Gasteiger partial charge in [-0.3, -0.25) is 4.79 Å². The number of carbonyl (C=O) groups excluding carboxylic acids is 1. The van der Waals surface area contributed by atoms with E-state index in [4.69, 9.17) is 4.74 Å². The normalized spacial score (nSPS) is 15.7. The van der Waals surface area contributed by atoms with Crippen molar-refractivity contribution in [1.82, 2.24) is 4.90 Å². The van der Waals surface area contributed by atoms with E-state index in [1.54, 1.807) is 0 Å². The van der Waals surface area contributed by atoms with Gasteiger partial charge in [0.2, 0.25) is 5.91 Å². The van der Waals surface area contributed by atoms with E-state index in [0.29, 0.717) is 6.61 Å². The van der Waals surface area contributed by atoms with Crippen LogP contribution in [0.2, 0.25) is 0 Å². The third kappa shape index (κ3) is 4.69. The largest absolute Gasteiger partial charge is 0.492 e. The van der Waals surface area contributed by atoms with Gasteiger partial charge in [0.05, 0.1) is 5.41 Å². The molecule has 1 saturated carbocycles. The number of ether oxygens (including phenoxy) is 1. The summed E-state index contributed by atoms with van der Waals surface area (Å²) in [6.45, 7) is 3.60. The first-order chi connectivity index (χ1) is 13.0. The molecule has 0 unspecified atom stereocenters. The highest BCUT2D eigenvalue weighted by molar-refractivity contribution is 5.99. The molecule has 4 heteroatoms. The first kappa shape index (κ1) is 19.4. The van der Waals surface area contributed by atoms with Gasteiger partial charge in [0.25, 0.3) is 0 Å². The van der Waals surface area contributed by atoms with Gasteiger partial charge in [-0.05, 0) is 63.7 Å². The Kier molecular flexibility index (Phi) is 6.17. The Labute approximate surface area is 162 Å². The lowest BCUT2D eigenvalue weighted by Gasteiger charge is -2.28. The van der Waals surface area contributed by atoms with Crippen LogP contribution in [0, 0.1) is 6.92 Å². The summed E-state index contributed by atoms with van der Waals surface area (Å²) < 4.78 is 5.72. The van der Waals surface area contributed by atoms with Gasteiger partial charge in [-0.25, -0.2) is 0 Å². The van der Waals surface area contributed by atoms with Gasteiger partial charge < -0.3 is 15.0 Å². The Morgan fingerprint density at radius 2 is 1.81 bits per heavy atom. The van der Waals surface area contributed by atoms with Crippen LogP contribution in [0.3, 0.4) is 0 Å². The average Bonchev–Trinajstić information content (AvgIpc) is 3.14. The highest BCUT2D eigenvalue weighted by Gasteiger charge is 2.42. The van der Waals surface area contributed by atoms with E-state index in [0.717, 1.165) is 49.2 Å². The quantitative estimate of drug-likeness (QED) is 0.790. The summed E-state index contributed by atoms with van der Waals surface area (Å²) in [6, 6.07) is 16.1. The molecule has 0 atom stereocenters. The molecule has 2 aromatic carbocycles. The van der Waals surface area contributed by atoms with Crippen LogP contribution in [-0.2, 0) is 10.2 Å². The van der Waals surface area contributed by atoms with E-state index in [2.05, 4.69) is 41.4 Å². The van der Waals surface area contributed by atoms with Crippen molar-refractivity contribution in [1.29, 1.82) is 0 Å². The summed E-state index contributed by atoms with van der Waals surface area (Å²) in [5.41, 5.74) is 2.75. The molecular weight excluding hydrogens is 336 g/mol. The highest BCUT2D eigenvalue weighted by Crippen LogP contribution is 2.42. The van der Waals surface area contributed by atoms with E-state index in [1.807, 2.05) is 38.4 Å². The third-order valence-corrected chi connectivity index (χ3v) is 5.38. The van der Waals surface area contributed by atoms with Crippen molar-refractivity contribution in [2.24, 2.45) is 0 Å². The van der Waals surface area contributed by atoms with Crippen molar-refractivity contribution >= 4 is 11.6 Å². The highest BCUT2D eigenvalue weighted by atomic mass is 16.5. The SMILES string of the molecule is Cc1cccc(C2(C(=O)Nc3ccc(OCCN(C)C)cc3)CCCC2)c1. The Morgan fingerprint density at radius 3 is 2.44 bits per heavy atom. The number of hydrogen-bond acceptors (Lipinski definition) is 3. The summed E-state index contributed by atoms with van der Waals surface area (Å²) in [6.07, 6.45) is 4.02. The molecule has 0 aliphatic heterocycles. The van der Waals surface area contributed by atoms with Crippen molar-refractivity contribution in [2.75, 3.05) is 32.6 Å². The van der Waals surface area contributed by atoms with Gasteiger partial charge in [0, 0.05) is 12.2 Å². The van der Waals surface area contributed by atoms with Crippen LogP contribution in [0.4, 0.5) is 5.69 Å². The molecule has 1 fully saturated rings. The average molecular weight is 367 g/mol. The van der Waals surface area contributed by atoms with Crippen molar-refractivity contribution in [3.63, 3.8) is 0 Å². The molecular formula is C23H30N2O2. The number of benzene rings is 2. The van der Waals surface area contributed by atoms with Gasteiger partial charge in [0.15, 0.2) is 0 Å². The molecule has 3 rings (SSSR count). The van der Waals surface area contributed by atoms with E-state index in [-0.39, 0.29) is 5.91 Å². The van der Waals surface area contributed by atoms with Crippen LogP contribution >= 0.6 is 0 Å². The summed E-state index contributed by atoms with van der Waals surface area (Å²) in [5.74, 6) is 0.927. The van der Waals surface area contributed by atoms with Crippen LogP contribution < -0.4 is 10.1 Å². The van der Waals surface area contributed by atoms with Crippen LogP contribution in [0.15, 0.2) is 48.5 Å². The van der Waals surface area contributed by atoms with Crippen molar-refractivity contribution in [3.8, 4) is 5.75 Å². The van der Waals surface area contributed by atoms with Gasteiger partial charge in [-0.15, -0.1) is 0 Å². The lowest BCUT2D eigenvalue weighted by atomic mass is 9.77. The molecule has 144 valence electrons. The van der Waals surface area contributed by atoms with Crippen molar-refractivity contribution in [3.05, 3.63) is 59.7 Å². The number of carbonyl (C=O) groups is 1. The molecule has 0 heterocycles. The fraction of sp³-hybridized carbons (Fsp3) is 0.435. The van der Waals surface area contributed by atoms with Crippen LogP contribution in [-0.4, -0.2) is 38.1 Å². The molecule has 1 amide bonds. The Bertz CT molecular complexity index is 762. The topological polar surface area (TPSA) is 41.6 Å². The van der Waals surface area contributed by atoms with Gasteiger partial charge >= 0.3 is 0 Å². The first-order valence-corrected chi connectivity index (χ1v) is 9.76. The number of likely N-dealkylation sites (N-methyl/N-ethyl adjacent to an activating group) is 1. The smallest absolute Gasteiger partial charge is 0.235 e. The van der Waals surface area contributed by atoms with Crippen LogP contribution in [0.5, 0.6) is 5.75 Å². The Morgan fingerprint density at radius 1 is 1.11 bits per heavy atom. The second-order valence-electron chi connectivity index (χ2n) is 7.79. The third-order valence-electron chi connectivity index (χ3n) is 5.38. The van der Waals surface area contributed by atoms with E-state index in [1.165, 1.54) is 5.56 Å². The fourth-order valence-corrected chi connectivity index (χ4v) is 3.80. The number of rotatable bonds is 7. The second kappa shape index (κ2) is 8.57. The molecule has 4 nitrogen and oxygen atoms in total. The summed E-state index contributed by atoms with van der Waals surface area (Å²) >= 11 is 0. The maximum atomic E-state index is 13.2. The van der Waals surface area contributed by atoms with Crippen LogP contribution in [0.25, 0.3) is 0 Å². The number of nitrogens with one attached hydrogen (secondary N) is 1. The molecule has 2 aromatic rings. The van der Waals surface area contributed by atoms with E-state index < -0.39 is 5.41 Å². The molecule has 0 radical (unpaired) electrons. The lowest BCUT2D eigenvalue weighted by Crippen LogP contribution is -2.38. The molecule has 0 bridgehead atoms. The second-order valence-corrected chi connectivity index (χ2v) is 7.79. The van der Waals surface area contributed by atoms with Gasteiger partial charge in [-0.2, -0.15) is 0 Å². The molecule has 1 aliphatic rings. The van der Waals surface area contributed by atoms with E-state index >= 15 is 0 Å². The minimum Gasteiger partial charge on any atom is -0.492 e. The number of nitrogens with zero attached hydrogens (tertiary/aromatic N) is 1. The molecule has 1 aliphatic carbocycles. The molecule has 0 saturated heterocycles. The number of amides is 1. The van der Waals surface area contributed by atoms with Crippen molar-refractivity contribution < 1.29 is 9.53 Å². The molecule has 1 N–H and O–H groups in total. The van der Waals surface area contributed by atoms with Gasteiger partial charge in [0.1, 0.15) is 12.4 Å². The molecule has 27 heavy (non-hydrogen) atoms. The Balaban J connectivity index is 1.69. The molecule has 0 spiro atoms. The number of hydrogen-bond donors (Lipinski definition) is 1. The minimum absolute atomic E-state index is 0.104. The Hall–Kier alpha value is -2.33. The maximum Gasteiger partial charge on any atom is 0.235 e. The fourth-order valence-electron chi connectivity index (χ4n) is 3.80. The number of anilines is 1. The zero-order chi connectivity index (χ0) is 19.3. The zero-order valence-corrected chi connectivity index (χ0v) is 16.6. The van der Waals surface area contributed by atoms with Crippen LogP contribution in [0.1, 0.15) is 36.8 Å². The summed E-state index contributed by atoms with van der Waals surface area (Å²) in [5, 5.41) is 3.14. The molecule has 0 aromatic heterocycles. The predicted octanol–water partition coefficient (Wildman–Crippen LogP) is 4.39. The minimum atomic E-state index is -0.410. The summed E-state index contributed by atoms with van der Waals surface area (Å²) in [4.78, 5) is 15.3. The zero-order valence-electron chi connectivity index (χ0n) is 16.6. The number of aryl methyl sites for hydroxylation is 1. The van der Waals surface area contributed by atoms with Crippen molar-refractivity contribution in [2.45, 2.75) is 38.0 Å². The first-order valence-electron chi connectivity index (χ1n) is 9.76. The summed E-state index contributed by atoms with van der Waals surface area (Å²) in [7, 11) is 4.05. The lowest BCUT2D eigenvalue weighted by molar-refractivity contribution is -0.121. The standard InChI is InChI=1S/C23H30N2O2/c1-18-7-6-8-19(17-18)23(13-4-5-14-23)22(26)24-20-9-11-21(12-10-20)27-16-15-25(2)3/h6-12,17H,4-5,13-16H2,1-3H3,(H,24,26). The van der Waals surface area contributed by atoms with E-state index in [9.17, 15) is 4.79 Å².